The first-order chi connectivity index (χ1) is 8.78. The maximum absolute atomic E-state index is 4.58. The van der Waals surface area contributed by atoms with Gasteiger partial charge in [0, 0.05) is 32.4 Å². The third-order valence-electron chi connectivity index (χ3n) is 2.91. The van der Waals surface area contributed by atoms with Gasteiger partial charge in [-0.2, -0.15) is 5.10 Å². The normalized spacial score (nSPS) is 15.8. The van der Waals surface area contributed by atoms with Crippen molar-refractivity contribution in [3.63, 3.8) is 0 Å². The van der Waals surface area contributed by atoms with E-state index in [2.05, 4.69) is 33.8 Å². The zero-order valence-corrected chi connectivity index (χ0v) is 11.3. The van der Waals surface area contributed by atoms with Gasteiger partial charge in [0.2, 0.25) is 0 Å². The van der Waals surface area contributed by atoms with Gasteiger partial charge >= 0.3 is 0 Å². The first kappa shape index (κ1) is 12.9. The van der Waals surface area contributed by atoms with Gasteiger partial charge in [0.05, 0.1) is 6.20 Å². The molecule has 0 saturated heterocycles. The van der Waals surface area contributed by atoms with E-state index in [1.807, 2.05) is 17.9 Å². The summed E-state index contributed by atoms with van der Waals surface area (Å²) in [6.07, 6.45) is 8.65. The molecular formula is C13H23N5. The number of nitrogens with one attached hydrogen (secondary N) is 2. The highest BCUT2D eigenvalue weighted by atomic mass is 15.2. The summed E-state index contributed by atoms with van der Waals surface area (Å²) in [5.41, 5.74) is 1.29. The molecule has 1 saturated carbocycles. The molecule has 1 heterocycles. The SMILES string of the molecule is CCNC(=NCCCc1cnn(C)c1)NC1CC1. The molecule has 0 atom stereocenters. The van der Waals surface area contributed by atoms with E-state index in [0.717, 1.165) is 31.9 Å². The zero-order valence-electron chi connectivity index (χ0n) is 11.3. The van der Waals surface area contributed by atoms with Crippen LogP contribution in [0.5, 0.6) is 0 Å². The van der Waals surface area contributed by atoms with Crippen molar-refractivity contribution in [2.24, 2.45) is 12.0 Å². The second kappa shape index (κ2) is 6.42. The average molecular weight is 249 g/mol. The molecule has 0 bridgehead atoms. The van der Waals surface area contributed by atoms with Crippen molar-refractivity contribution in [3.05, 3.63) is 18.0 Å². The molecule has 2 N–H and O–H groups in total. The Kier molecular flexibility index (Phi) is 4.61. The van der Waals surface area contributed by atoms with E-state index in [1.165, 1.54) is 18.4 Å². The van der Waals surface area contributed by atoms with E-state index in [9.17, 15) is 0 Å². The highest BCUT2D eigenvalue weighted by Crippen LogP contribution is 2.18. The maximum Gasteiger partial charge on any atom is 0.191 e. The van der Waals surface area contributed by atoms with Crippen molar-refractivity contribution in [1.82, 2.24) is 20.4 Å². The smallest absolute Gasteiger partial charge is 0.191 e. The number of rotatable bonds is 6. The quantitative estimate of drug-likeness (QED) is 0.450. The second-order valence-electron chi connectivity index (χ2n) is 4.81. The monoisotopic (exact) mass is 249 g/mol. The third kappa shape index (κ3) is 4.39. The highest BCUT2D eigenvalue weighted by molar-refractivity contribution is 5.80. The fraction of sp³-hybridized carbons (Fsp3) is 0.692. The summed E-state index contributed by atoms with van der Waals surface area (Å²) in [6.45, 7) is 3.87. The molecule has 0 spiro atoms. The molecule has 18 heavy (non-hydrogen) atoms. The minimum Gasteiger partial charge on any atom is -0.357 e. The van der Waals surface area contributed by atoms with Crippen LogP contribution in [0.3, 0.4) is 0 Å². The first-order valence-corrected chi connectivity index (χ1v) is 6.80. The van der Waals surface area contributed by atoms with Crippen molar-refractivity contribution in [2.45, 2.75) is 38.6 Å². The fourth-order valence-electron chi connectivity index (χ4n) is 1.82. The van der Waals surface area contributed by atoms with Crippen LogP contribution in [0.15, 0.2) is 17.4 Å². The summed E-state index contributed by atoms with van der Waals surface area (Å²) in [5.74, 6) is 0.964. The van der Waals surface area contributed by atoms with Crippen LogP contribution in [0.2, 0.25) is 0 Å². The van der Waals surface area contributed by atoms with E-state index in [-0.39, 0.29) is 0 Å². The second-order valence-corrected chi connectivity index (χ2v) is 4.81. The lowest BCUT2D eigenvalue weighted by Crippen LogP contribution is -2.38. The summed E-state index contributed by atoms with van der Waals surface area (Å²) in [6, 6.07) is 0.654. The molecule has 1 aliphatic carbocycles. The number of aromatic nitrogens is 2. The van der Waals surface area contributed by atoms with Gasteiger partial charge in [0.15, 0.2) is 5.96 Å². The Morgan fingerprint density at radius 3 is 3.00 bits per heavy atom. The standard InChI is InChI=1S/C13H23N5/c1-3-14-13(17-12-6-7-12)15-8-4-5-11-9-16-18(2)10-11/h9-10,12H,3-8H2,1-2H3,(H2,14,15,17). The molecule has 0 aliphatic heterocycles. The largest absolute Gasteiger partial charge is 0.357 e. The molecule has 0 amide bonds. The zero-order chi connectivity index (χ0) is 12.8. The fourth-order valence-corrected chi connectivity index (χ4v) is 1.82. The van der Waals surface area contributed by atoms with Crippen molar-refractivity contribution in [1.29, 1.82) is 0 Å². The summed E-state index contributed by atoms with van der Waals surface area (Å²) >= 11 is 0. The summed E-state index contributed by atoms with van der Waals surface area (Å²) in [7, 11) is 1.95. The van der Waals surface area contributed by atoms with Crippen molar-refractivity contribution < 1.29 is 0 Å². The molecule has 1 aromatic heterocycles. The van der Waals surface area contributed by atoms with Crippen LogP contribution in [0.4, 0.5) is 0 Å². The number of hydrogen-bond acceptors (Lipinski definition) is 2. The molecule has 0 unspecified atom stereocenters. The van der Waals surface area contributed by atoms with Crippen LogP contribution in [0.25, 0.3) is 0 Å². The molecule has 1 aromatic rings. The van der Waals surface area contributed by atoms with Crippen molar-refractivity contribution >= 4 is 5.96 Å². The topological polar surface area (TPSA) is 54.2 Å². The van der Waals surface area contributed by atoms with E-state index in [4.69, 9.17) is 0 Å². The maximum atomic E-state index is 4.58. The molecule has 2 rings (SSSR count). The van der Waals surface area contributed by atoms with Crippen LogP contribution in [0.1, 0.15) is 31.7 Å². The Morgan fingerprint density at radius 2 is 2.39 bits per heavy atom. The van der Waals surface area contributed by atoms with Gasteiger partial charge in [0.25, 0.3) is 0 Å². The van der Waals surface area contributed by atoms with E-state index < -0.39 is 0 Å². The predicted molar refractivity (Wildman–Crippen MR) is 73.7 cm³/mol. The number of guanidine groups is 1. The van der Waals surface area contributed by atoms with Crippen LogP contribution >= 0.6 is 0 Å². The lowest BCUT2D eigenvalue weighted by molar-refractivity contribution is 0.763. The van der Waals surface area contributed by atoms with E-state index in [1.54, 1.807) is 0 Å². The molecule has 5 heteroatoms. The summed E-state index contributed by atoms with van der Waals surface area (Å²) in [5, 5.41) is 10.9. The van der Waals surface area contributed by atoms with Gasteiger partial charge < -0.3 is 10.6 Å². The van der Waals surface area contributed by atoms with Gasteiger partial charge in [-0.25, -0.2) is 0 Å². The lowest BCUT2D eigenvalue weighted by atomic mass is 10.2. The molecule has 5 nitrogen and oxygen atoms in total. The van der Waals surface area contributed by atoms with E-state index >= 15 is 0 Å². The molecule has 0 aromatic carbocycles. The average Bonchev–Trinajstić information content (AvgIpc) is 3.06. The number of aliphatic imine (C=N–C) groups is 1. The lowest BCUT2D eigenvalue weighted by Gasteiger charge is -2.09. The van der Waals surface area contributed by atoms with Gasteiger partial charge in [-0.3, -0.25) is 9.67 Å². The Labute approximate surface area is 109 Å². The number of aryl methyl sites for hydroxylation is 2. The summed E-state index contributed by atoms with van der Waals surface area (Å²) in [4.78, 5) is 4.58. The first-order valence-electron chi connectivity index (χ1n) is 6.80. The van der Waals surface area contributed by atoms with Gasteiger partial charge in [-0.1, -0.05) is 0 Å². The highest BCUT2D eigenvalue weighted by Gasteiger charge is 2.21. The van der Waals surface area contributed by atoms with E-state index in [0.29, 0.717) is 6.04 Å². The third-order valence-corrected chi connectivity index (χ3v) is 2.91. The number of nitrogens with zero attached hydrogens (tertiary/aromatic N) is 3. The van der Waals surface area contributed by atoms with Gasteiger partial charge in [-0.15, -0.1) is 0 Å². The van der Waals surface area contributed by atoms with Crippen molar-refractivity contribution in [2.75, 3.05) is 13.1 Å². The summed E-state index contributed by atoms with van der Waals surface area (Å²) < 4.78 is 1.84. The van der Waals surface area contributed by atoms with Crippen LogP contribution in [-0.2, 0) is 13.5 Å². The predicted octanol–water partition coefficient (Wildman–Crippen LogP) is 1.07. The Morgan fingerprint density at radius 1 is 1.56 bits per heavy atom. The molecule has 100 valence electrons. The Hall–Kier alpha value is -1.52. The van der Waals surface area contributed by atoms with Crippen molar-refractivity contribution in [3.8, 4) is 0 Å². The molecule has 0 radical (unpaired) electrons. The van der Waals surface area contributed by atoms with Crippen LogP contribution in [0, 0.1) is 0 Å². The number of hydrogen-bond donors (Lipinski definition) is 2. The Balaban J connectivity index is 1.70. The van der Waals surface area contributed by atoms with Gasteiger partial charge in [-0.05, 0) is 38.2 Å². The van der Waals surface area contributed by atoms with Crippen LogP contribution < -0.4 is 10.6 Å². The minimum absolute atomic E-state index is 0.654. The Bertz CT molecular complexity index is 392. The molecule has 1 aliphatic rings. The van der Waals surface area contributed by atoms with Gasteiger partial charge in [0.1, 0.15) is 0 Å². The molecular weight excluding hydrogens is 226 g/mol. The molecule has 1 fully saturated rings. The minimum atomic E-state index is 0.654. The van der Waals surface area contributed by atoms with Crippen LogP contribution in [-0.4, -0.2) is 34.9 Å².